The van der Waals surface area contributed by atoms with E-state index in [1.807, 2.05) is 0 Å². The second-order valence-corrected chi connectivity index (χ2v) is 13.1. The number of halogens is 8. The molecule has 0 aromatic heterocycles. The van der Waals surface area contributed by atoms with Gasteiger partial charge in [0, 0.05) is 40.5 Å². The predicted octanol–water partition coefficient (Wildman–Crippen LogP) is 8.83. The van der Waals surface area contributed by atoms with Crippen LogP contribution in [-0.4, -0.2) is 35.7 Å². The van der Waals surface area contributed by atoms with Crippen LogP contribution in [0.5, 0.6) is 5.75 Å². The molecule has 0 unspecified atom stereocenters. The van der Waals surface area contributed by atoms with Crippen molar-refractivity contribution in [3.63, 3.8) is 0 Å². The summed E-state index contributed by atoms with van der Waals surface area (Å²) in [5.41, 5.74) is -3.41. The van der Waals surface area contributed by atoms with Crippen LogP contribution in [0.25, 0.3) is 0 Å². The summed E-state index contributed by atoms with van der Waals surface area (Å²) in [6.45, 7) is -0.378. The van der Waals surface area contributed by atoms with Gasteiger partial charge in [-0.2, -0.15) is 26.3 Å². The largest absolute Gasteiger partial charge is 0.494 e. The molecular formula is C35H28Br2F6N2O4. The number of aliphatic hydroxyl groups is 1. The molecule has 0 radical (unpaired) electrons. The topological polar surface area (TPSA) is 80.2 Å². The van der Waals surface area contributed by atoms with Gasteiger partial charge in [0.05, 0.1) is 17.7 Å². The number of aliphatic hydroxyl groups excluding tert-OH is 1. The van der Waals surface area contributed by atoms with E-state index in [-0.39, 0.29) is 25.0 Å². The molecule has 0 spiro atoms. The summed E-state index contributed by atoms with van der Waals surface area (Å²) in [4.78, 5) is 19.2. The quantitative estimate of drug-likeness (QED) is 0.117. The maximum absolute atomic E-state index is 14.4. The highest BCUT2D eigenvalue weighted by Crippen LogP contribution is 2.43. The third-order valence-corrected chi connectivity index (χ3v) is 8.75. The van der Waals surface area contributed by atoms with Crippen molar-refractivity contribution in [2.24, 2.45) is 4.99 Å². The van der Waals surface area contributed by atoms with E-state index in [0.717, 1.165) is 8.95 Å². The lowest BCUT2D eigenvalue weighted by atomic mass is 9.82. The average molecular weight is 814 g/mol. The zero-order valence-electron chi connectivity index (χ0n) is 25.4. The Morgan fingerprint density at radius 2 is 1.41 bits per heavy atom. The van der Waals surface area contributed by atoms with Gasteiger partial charge in [-0.05, 0) is 83.4 Å². The van der Waals surface area contributed by atoms with Crippen LogP contribution >= 0.6 is 31.9 Å². The van der Waals surface area contributed by atoms with E-state index >= 15 is 0 Å². The molecule has 0 saturated heterocycles. The number of nitrogens with zero attached hydrogens (tertiary/aromatic N) is 1. The molecule has 2 N–H and O–H groups in total. The lowest BCUT2D eigenvalue weighted by molar-refractivity contribution is -0.143. The fourth-order valence-corrected chi connectivity index (χ4v) is 5.82. The highest BCUT2D eigenvalue weighted by Gasteiger charge is 2.53. The Balaban J connectivity index is 1.57. The van der Waals surface area contributed by atoms with Gasteiger partial charge in [0.1, 0.15) is 5.75 Å². The molecule has 6 nitrogen and oxygen atoms in total. The molecule has 49 heavy (non-hydrogen) atoms. The summed E-state index contributed by atoms with van der Waals surface area (Å²) in [6, 6.07) is 21.9. The number of hydrogen-bond donors (Lipinski definition) is 2. The molecule has 0 saturated carbocycles. The van der Waals surface area contributed by atoms with Crippen molar-refractivity contribution < 1.29 is 45.7 Å². The molecule has 0 bridgehead atoms. The van der Waals surface area contributed by atoms with Gasteiger partial charge in [0.2, 0.25) is 5.90 Å². The lowest BCUT2D eigenvalue weighted by Crippen LogP contribution is -2.49. The van der Waals surface area contributed by atoms with Gasteiger partial charge in [-0.25, -0.2) is 4.99 Å². The molecule has 0 fully saturated rings. The maximum atomic E-state index is 14.4. The first-order valence-electron chi connectivity index (χ1n) is 14.8. The summed E-state index contributed by atoms with van der Waals surface area (Å²) in [5.74, 6) is -0.146. The molecule has 5 rings (SSSR count). The molecule has 4 aromatic carbocycles. The first-order valence-corrected chi connectivity index (χ1v) is 16.4. The Hall–Kier alpha value is -3.88. The summed E-state index contributed by atoms with van der Waals surface area (Å²) in [5, 5.41) is 11.6. The number of alkyl halides is 6. The van der Waals surface area contributed by atoms with Gasteiger partial charge in [-0.1, -0.05) is 56.1 Å². The van der Waals surface area contributed by atoms with Crippen LogP contribution in [0.2, 0.25) is 0 Å². The first kappa shape index (κ1) is 36.4. The Bertz CT molecular complexity index is 1770. The van der Waals surface area contributed by atoms with Crippen LogP contribution in [0.3, 0.4) is 0 Å². The fourth-order valence-electron chi connectivity index (χ4n) is 5.29. The van der Waals surface area contributed by atoms with Crippen LogP contribution in [0, 0.1) is 0 Å². The van der Waals surface area contributed by atoms with Crippen LogP contribution in [0.1, 0.15) is 45.9 Å². The molecule has 1 aliphatic rings. The molecule has 1 heterocycles. The highest BCUT2D eigenvalue weighted by molar-refractivity contribution is 9.10. The van der Waals surface area contributed by atoms with E-state index in [1.165, 1.54) is 0 Å². The molecule has 1 aliphatic heterocycles. The van der Waals surface area contributed by atoms with Gasteiger partial charge in [0.15, 0.2) is 11.6 Å². The summed E-state index contributed by atoms with van der Waals surface area (Å²) in [7, 11) is 0. The van der Waals surface area contributed by atoms with Crippen LogP contribution in [0.4, 0.5) is 26.3 Å². The smallest absolute Gasteiger partial charge is 0.416 e. The number of nitrogens with one attached hydrogen (secondary N) is 1. The van der Waals surface area contributed by atoms with E-state index in [9.17, 15) is 31.1 Å². The Morgan fingerprint density at radius 3 is 1.96 bits per heavy atom. The van der Waals surface area contributed by atoms with Gasteiger partial charge in [0.25, 0.3) is 5.91 Å². The van der Waals surface area contributed by atoms with Crippen LogP contribution in [0.15, 0.2) is 105 Å². The zero-order valence-corrected chi connectivity index (χ0v) is 28.6. The van der Waals surface area contributed by atoms with Crippen LogP contribution < -0.4 is 10.1 Å². The normalized spacial score (nSPS) is 17.7. The Morgan fingerprint density at radius 1 is 0.837 bits per heavy atom. The number of aliphatic imine (C=N–C) groups is 1. The zero-order chi connectivity index (χ0) is 35.4. The molecular weight excluding hydrogens is 786 g/mol. The van der Waals surface area contributed by atoms with Gasteiger partial charge < -0.3 is 19.9 Å². The molecule has 14 heteroatoms. The van der Waals surface area contributed by atoms with E-state index < -0.39 is 53.1 Å². The number of rotatable bonds is 11. The van der Waals surface area contributed by atoms with Crippen molar-refractivity contribution in [2.75, 3.05) is 13.2 Å². The summed E-state index contributed by atoms with van der Waals surface area (Å²) < 4.78 is 95.0. The molecule has 258 valence electrons. The number of amides is 1. The van der Waals surface area contributed by atoms with Gasteiger partial charge in [-0.3, -0.25) is 4.79 Å². The van der Waals surface area contributed by atoms with Crippen molar-refractivity contribution in [1.82, 2.24) is 5.32 Å². The lowest BCUT2D eigenvalue weighted by Gasteiger charge is -2.31. The van der Waals surface area contributed by atoms with Crippen molar-refractivity contribution in [3.8, 4) is 5.75 Å². The fraction of sp³-hybridized carbons (Fsp3) is 0.257. The standard InChI is InChI=1S/C35H28Br2F6N2O4/c36-27-8-2-21(3-9-27)19-33(32(47)44-20-22-16-25(34(38,39)40)18-26(17-22)35(41,42)43)30(23-4-10-28(37)11-5-23)49-31(45-33)24-6-12-29(13-7-24)48-15-1-14-46/h2-13,16-18,30,46H,1,14-15,19-20H2,(H,44,47)/t30-,33-/m1/s1. The number of carbonyl (C=O) groups is 1. The first-order chi connectivity index (χ1) is 23.2. The van der Waals surface area contributed by atoms with Crippen molar-refractivity contribution in [3.05, 3.63) is 133 Å². The highest BCUT2D eigenvalue weighted by atomic mass is 79.9. The maximum Gasteiger partial charge on any atom is 0.416 e. The Kier molecular flexibility index (Phi) is 11.1. The molecule has 0 aliphatic carbocycles. The average Bonchev–Trinajstić information content (AvgIpc) is 3.45. The van der Waals surface area contributed by atoms with E-state index in [0.29, 0.717) is 47.6 Å². The van der Waals surface area contributed by atoms with E-state index in [1.54, 1.807) is 72.8 Å². The van der Waals surface area contributed by atoms with Gasteiger partial charge >= 0.3 is 12.4 Å². The van der Waals surface area contributed by atoms with Crippen molar-refractivity contribution >= 4 is 43.7 Å². The monoisotopic (exact) mass is 812 g/mol. The minimum absolute atomic E-state index is 0.0278. The Labute approximate surface area is 294 Å². The van der Waals surface area contributed by atoms with E-state index in [4.69, 9.17) is 19.6 Å². The second-order valence-electron chi connectivity index (χ2n) is 11.2. The van der Waals surface area contributed by atoms with E-state index in [2.05, 4.69) is 37.2 Å². The second kappa shape index (κ2) is 14.9. The summed E-state index contributed by atoms with van der Waals surface area (Å²) in [6.07, 6.45) is -10.7. The third-order valence-electron chi connectivity index (χ3n) is 7.69. The molecule has 1 amide bonds. The van der Waals surface area contributed by atoms with Crippen LogP contribution in [-0.2, 0) is 34.8 Å². The minimum atomic E-state index is -5.05. The van der Waals surface area contributed by atoms with Gasteiger partial charge in [-0.15, -0.1) is 0 Å². The van der Waals surface area contributed by atoms with Crippen molar-refractivity contribution in [1.29, 1.82) is 0 Å². The number of benzene rings is 4. The third kappa shape index (κ3) is 8.84. The predicted molar refractivity (Wildman–Crippen MR) is 177 cm³/mol. The van der Waals surface area contributed by atoms with Crippen molar-refractivity contribution in [2.45, 2.75) is 43.4 Å². The molecule has 2 atom stereocenters. The number of hydrogen-bond acceptors (Lipinski definition) is 5. The minimum Gasteiger partial charge on any atom is -0.494 e. The summed E-state index contributed by atoms with van der Waals surface area (Å²) >= 11 is 6.79. The number of ether oxygens (including phenoxy) is 2. The molecule has 4 aromatic rings. The number of carbonyl (C=O) groups excluding carboxylic acids is 1. The SMILES string of the molecule is O=C(NCc1cc(C(F)(F)F)cc(C(F)(F)F)c1)[C@]1(Cc2ccc(Br)cc2)N=C(c2ccc(OCCCO)cc2)O[C@@H]1c1ccc(Br)cc1.